The number of benzene rings is 1. The highest BCUT2D eigenvalue weighted by Crippen LogP contribution is 2.23. The fourth-order valence-electron chi connectivity index (χ4n) is 2.60. The molecule has 0 aliphatic carbocycles. The molecule has 2 aromatic rings. The molecule has 1 N–H and O–H groups in total. The summed E-state index contributed by atoms with van der Waals surface area (Å²) < 4.78 is 0. The van der Waals surface area contributed by atoms with Crippen LogP contribution >= 0.6 is 12.2 Å². The van der Waals surface area contributed by atoms with Gasteiger partial charge in [0.15, 0.2) is 5.11 Å². The van der Waals surface area contributed by atoms with Crippen molar-refractivity contribution in [3.05, 3.63) is 48.7 Å². The zero-order chi connectivity index (χ0) is 15.4. The van der Waals surface area contributed by atoms with Gasteiger partial charge in [-0.25, -0.2) is 4.98 Å². The van der Waals surface area contributed by atoms with Crippen molar-refractivity contribution in [2.24, 2.45) is 0 Å². The average molecular weight is 312 g/mol. The van der Waals surface area contributed by atoms with Crippen molar-refractivity contribution < 1.29 is 0 Å². The molecule has 5 heteroatoms. The number of anilines is 3. The Morgan fingerprint density at radius 2 is 1.91 bits per heavy atom. The summed E-state index contributed by atoms with van der Waals surface area (Å²) in [4.78, 5) is 8.75. The van der Waals surface area contributed by atoms with Gasteiger partial charge in [0.1, 0.15) is 5.82 Å². The number of thiocarbonyl (C=S) groups is 1. The number of para-hydroxylation sites is 1. The van der Waals surface area contributed by atoms with Gasteiger partial charge in [-0.1, -0.05) is 18.2 Å². The molecule has 1 aliphatic rings. The van der Waals surface area contributed by atoms with Gasteiger partial charge in [-0.3, -0.25) is 0 Å². The van der Waals surface area contributed by atoms with Crippen LogP contribution in [0, 0.1) is 0 Å². The number of hydrogen-bond donors (Lipinski definition) is 1. The Labute approximate surface area is 136 Å². The van der Waals surface area contributed by atoms with Gasteiger partial charge in [-0.15, -0.1) is 0 Å². The lowest BCUT2D eigenvalue weighted by atomic mass is 10.3. The second-order valence-electron chi connectivity index (χ2n) is 5.42. The van der Waals surface area contributed by atoms with Crippen molar-refractivity contribution in [2.75, 3.05) is 35.3 Å². The van der Waals surface area contributed by atoms with E-state index in [-0.39, 0.29) is 0 Å². The van der Waals surface area contributed by atoms with Gasteiger partial charge in [0, 0.05) is 43.8 Å². The first-order valence-corrected chi connectivity index (χ1v) is 7.95. The summed E-state index contributed by atoms with van der Waals surface area (Å²) in [5.74, 6) is 0.859. The van der Waals surface area contributed by atoms with E-state index in [1.807, 2.05) is 48.5 Å². The molecule has 0 saturated carbocycles. The van der Waals surface area contributed by atoms with E-state index in [9.17, 15) is 0 Å². The van der Waals surface area contributed by atoms with Crippen LogP contribution in [0.15, 0.2) is 48.7 Å². The number of nitrogens with zero attached hydrogens (tertiary/aromatic N) is 3. The minimum absolute atomic E-state index is 0.636. The van der Waals surface area contributed by atoms with Crippen molar-refractivity contribution in [2.45, 2.75) is 12.8 Å². The third-order valence-corrected chi connectivity index (χ3v) is 4.25. The summed E-state index contributed by atoms with van der Waals surface area (Å²) in [6, 6.07) is 14.1. The summed E-state index contributed by atoms with van der Waals surface area (Å²) in [6.45, 7) is 2.25. The third kappa shape index (κ3) is 3.36. The van der Waals surface area contributed by atoms with Gasteiger partial charge >= 0.3 is 0 Å². The Bertz CT molecular complexity index is 638. The molecule has 22 heavy (non-hydrogen) atoms. The molecule has 4 nitrogen and oxygen atoms in total. The van der Waals surface area contributed by atoms with Crippen LogP contribution in [0.3, 0.4) is 0 Å². The molecule has 1 fully saturated rings. The van der Waals surface area contributed by atoms with Gasteiger partial charge in [0.2, 0.25) is 0 Å². The third-order valence-electron chi connectivity index (χ3n) is 3.87. The van der Waals surface area contributed by atoms with Crippen LogP contribution in [0.1, 0.15) is 12.8 Å². The smallest absolute Gasteiger partial charge is 0.178 e. The van der Waals surface area contributed by atoms with E-state index in [1.54, 1.807) is 0 Å². The Balaban J connectivity index is 1.72. The number of nitrogens with one attached hydrogen (secondary N) is 1. The molecule has 1 aromatic carbocycles. The first kappa shape index (κ1) is 14.8. The van der Waals surface area contributed by atoms with E-state index in [1.165, 1.54) is 18.5 Å². The summed E-state index contributed by atoms with van der Waals surface area (Å²) in [6.07, 6.45) is 4.38. The molecule has 0 radical (unpaired) electrons. The van der Waals surface area contributed by atoms with E-state index in [0.29, 0.717) is 5.11 Å². The largest absolute Gasteiger partial charge is 0.371 e. The van der Waals surface area contributed by atoms with Gasteiger partial charge in [0.25, 0.3) is 0 Å². The maximum absolute atomic E-state index is 5.48. The molecule has 0 unspecified atom stereocenters. The maximum Gasteiger partial charge on any atom is 0.178 e. The van der Waals surface area contributed by atoms with Crippen molar-refractivity contribution in [1.82, 2.24) is 4.98 Å². The van der Waals surface area contributed by atoms with Gasteiger partial charge in [-0.05, 0) is 43.3 Å². The van der Waals surface area contributed by atoms with Crippen LogP contribution in [0.5, 0.6) is 0 Å². The first-order chi connectivity index (χ1) is 10.7. The second kappa shape index (κ2) is 6.75. The number of rotatable bonds is 3. The van der Waals surface area contributed by atoms with Gasteiger partial charge in [0.05, 0.1) is 0 Å². The van der Waals surface area contributed by atoms with Gasteiger partial charge < -0.3 is 15.1 Å². The topological polar surface area (TPSA) is 31.4 Å². The fraction of sp³-hybridized carbons (Fsp3) is 0.294. The molecule has 1 aliphatic heterocycles. The van der Waals surface area contributed by atoms with E-state index >= 15 is 0 Å². The zero-order valence-electron chi connectivity index (χ0n) is 12.7. The number of pyridine rings is 1. The van der Waals surface area contributed by atoms with Crippen LogP contribution in [-0.4, -0.2) is 30.2 Å². The van der Waals surface area contributed by atoms with E-state index < -0.39 is 0 Å². The van der Waals surface area contributed by atoms with Crippen molar-refractivity contribution in [3.8, 4) is 0 Å². The molecular weight excluding hydrogens is 292 g/mol. The van der Waals surface area contributed by atoms with Crippen LogP contribution in [0.2, 0.25) is 0 Å². The summed E-state index contributed by atoms with van der Waals surface area (Å²) in [7, 11) is 1.94. The number of hydrogen-bond acceptors (Lipinski definition) is 3. The molecular formula is C17H20N4S. The minimum Gasteiger partial charge on any atom is -0.371 e. The fourth-order valence-corrected chi connectivity index (χ4v) is 2.81. The average Bonchev–Trinajstić information content (AvgIpc) is 3.10. The highest BCUT2D eigenvalue weighted by Gasteiger charge is 2.15. The Morgan fingerprint density at radius 3 is 2.64 bits per heavy atom. The summed E-state index contributed by atoms with van der Waals surface area (Å²) in [5.41, 5.74) is 2.20. The molecule has 1 aromatic heterocycles. The van der Waals surface area contributed by atoms with E-state index in [4.69, 9.17) is 12.2 Å². The molecule has 0 amide bonds. The Morgan fingerprint density at radius 1 is 1.18 bits per heavy atom. The molecule has 2 heterocycles. The van der Waals surface area contributed by atoms with Crippen molar-refractivity contribution in [1.29, 1.82) is 0 Å². The van der Waals surface area contributed by atoms with Crippen LogP contribution in [-0.2, 0) is 0 Å². The zero-order valence-corrected chi connectivity index (χ0v) is 13.5. The molecule has 0 atom stereocenters. The predicted molar refractivity (Wildman–Crippen MR) is 96.7 cm³/mol. The van der Waals surface area contributed by atoms with Crippen LogP contribution in [0.4, 0.5) is 17.2 Å². The number of aromatic nitrogens is 1. The molecule has 114 valence electrons. The Hall–Kier alpha value is -2.14. The predicted octanol–water partition coefficient (Wildman–Crippen LogP) is 3.52. The lowest BCUT2D eigenvalue weighted by Crippen LogP contribution is -2.31. The van der Waals surface area contributed by atoms with Gasteiger partial charge in [-0.2, -0.15) is 0 Å². The van der Waals surface area contributed by atoms with Crippen LogP contribution in [0.25, 0.3) is 0 Å². The lowest BCUT2D eigenvalue weighted by Gasteiger charge is -2.23. The standard InChI is InChI=1S/C17H20N4S/c1-20(17(22)19-14-7-3-2-4-8-14)16-13-15(9-10-18-16)21-11-5-6-12-21/h2-4,7-10,13H,5-6,11-12H2,1H3,(H,19,22). The Kier molecular flexibility index (Phi) is 4.53. The molecule has 3 rings (SSSR count). The molecule has 0 spiro atoms. The molecule has 0 bridgehead atoms. The van der Waals surface area contributed by atoms with E-state index in [0.717, 1.165) is 24.6 Å². The normalized spacial score (nSPS) is 14.0. The highest BCUT2D eigenvalue weighted by molar-refractivity contribution is 7.80. The van der Waals surface area contributed by atoms with E-state index in [2.05, 4.69) is 27.3 Å². The summed E-state index contributed by atoms with van der Waals surface area (Å²) in [5, 5.41) is 3.87. The monoisotopic (exact) mass is 312 g/mol. The maximum atomic E-state index is 5.48. The quantitative estimate of drug-likeness (QED) is 0.877. The minimum atomic E-state index is 0.636. The second-order valence-corrected chi connectivity index (χ2v) is 5.81. The van der Waals surface area contributed by atoms with Crippen LogP contribution < -0.4 is 15.1 Å². The van der Waals surface area contributed by atoms with Crippen molar-refractivity contribution in [3.63, 3.8) is 0 Å². The highest BCUT2D eigenvalue weighted by atomic mass is 32.1. The lowest BCUT2D eigenvalue weighted by molar-refractivity contribution is 0.949. The summed E-state index contributed by atoms with van der Waals surface area (Å²) >= 11 is 5.48. The van der Waals surface area contributed by atoms with Crippen molar-refractivity contribution >= 4 is 34.5 Å². The SMILES string of the molecule is CN(C(=S)Nc1ccccc1)c1cc(N2CCCC2)ccn1. The molecule has 1 saturated heterocycles. The first-order valence-electron chi connectivity index (χ1n) is 7.55.